The maximum Gasteiger partial charge on any atom is 0.259 e. The molecule has 0 saturated heterocycles. The number of ketones is 5. The summed E-state index contributed by atoms with van der Waals surface area (Å²) < 4.78 is 63.9. The van der Waals surface area contributed by atoms with E-state index in [2.05, 4.69) is 52.1 Å². The van der Waals surface area contributed by atoms with Crippen molar-refractivity contribution in [2.75, 3.05) is 0 Å². The molecule has 37 heteroatoms. The number of nitrogens with zero attached hydrogens (tertiary/aromatic N) is 10. The van der Waals surface area contributed by atoms with Crippen LogP contribution in [-0.2, 0) is 35.2 Å². The second kappa shape index (κ2) is 50.4. The molecular weight excluding hydrogens is 2000 g/mol. The van der Waals surface area contributed by atoms with E-state index < -0.39 is 17.5 Å². The summed E-state index contributed by atoms with van der Waals surface area (Å²) in [6.45, 7) is 27.5. The minimum atomic E-state index is -0.551. The van der Waals surface area contributed by atoms with Gasteiger partial charge in [0, 0.05) is 85.2 Å². The standard InChI is InChI=1S/C23H25N3O3.C22H21Cl2N3O3.2C22H21ClFN3O3.C22H22ClN3O3/c1-14-7-6-8-20(13-14)29-23-21(16(3)25-26(23)5)22(28)24-15(2)18-9-11-19(12-10-18)17(4)27;1-12(15-8-10-16(11-9-15)14(3)28)25-21(29)19-13(2)26-27(4)22(19)30-18-7-5-6-17(23)20(18)24;1-12(15-5-7-16(8-6-15)14(3)28)25-21(29)20-13(2)26-27(4)22(20)30-19-10-17(23)9-18(24)11-19;1-12(15-5-7-16(8-6-15)14(3)28)25-21(29)20-13(2)26-27(4)22(20)30-19-11-17(24)9-10-18(19)23;1-13(16-8-10-17(11-9-16)15(3)27)24-21(28)20-14(2)25-26(4)22(20)29-19-7-5-6-18(23)12-19/h6-13,15H,1-5H3,(H,24,28);3*5-12H,1-4H3,(H,25,29);5-13H,1-4H3,(H,24,28)/t15-;3*12-;13-/m00000/s1. The molecule has 5 aromatic heterocycles. The normalized spacial score (nSPS) is 11.8. The molecule has 768 valence electrons. The third-order valence-corrected chi connectivity index (χ3v) is 24.9. The van der Waals surface area contributed by atoms with Crippen LogP contribution in [-0.4, -0.2) is 107 Å². The smallest absolute Gasteiger partial charge is 0.259 e. The fourth-order valence-electron chi connectivity index (χ4n) is 15.3. The fraction of sp³-hybridized carbons (Fsp3) is 0.234. The predicted octanol–water partition coefficient (Wildman–Crippen LogP) is 24.9. The summed E-state index contributed by atoms with van der Waals surface area (Å²) >= 11 is 30.3. The maximum absolute atomic E-state index is 13.6. The van der Waals surface area contributed by atoms with E-state index in [0.29, 0.717) is 112 Å². The molecule has 0 unspecified atom stereocenters. The van der Waals surface area contributed by atoms with Crippen molar-refractivity contribution in [3.8, 4) is 58.1 Å². The minimum Gasteiger partial charge on any atom is -0.438 e. The summed E-state index contributed by atoms with van der Waals surface area (Å²) in [7, 11) is 8.40. The third kappa shape index (κ3) is 29.1. The molecule has 10 aromatic carbocycles. The molecule has 0 aliphatic rings. The molecular formula is C111H110Cl5F2N15O15. The number of hydrogen-bond donors (Lipinski definition) is 5. The first-order chi connectivity index (χ1) is 70.0. The van der Waals surface area contributed by atoms with Crippen LogP contribution in [0.2, 0.25) is 25.1 Å². The number of amides is 5. The third-order valence-electron chi connectivity index (χ3n) is 23.3. The van der Waals surface area contributed by atoms with Gasteiger partial charge >= 0.3 is 0 Å². The van der Waals surface area contributed by atoms with Crippen molar-refractivity contribution in [3.05, 3.63) is 379 Å². The van der Waals surface area contributed by atoms with Gasteiger partial charge in [-0.05, 0) is 211 Å². The Hall–Kier alpha value is -15.7. The summed E-state index contributed by atoms with van der Waals surface area (Å²) in [5.74, 6) is 0.253. The van der Waals surface area contributed by atoms with Crippen LogP contribution in [0.1, 0.15) is 265 Å². The molecule has 0 spiro atoms. The van der Waals surface area contributed by atoms with E-state index in [-0.39, 0.29) is 138 Å². The van der Waals surface area contributed by atoms with E-state index in [4.69, 9.17) is 81.7 Å². The zero-order valence-electron chi connectivity index (χ0n) is 85.0. The summed E-state index contributed by atoms with van der Waals surface area (Å²) in [5.41, 5.74) is 12.6. The Labute approximate surface area is 879 Å². The molecule has 30 nitrogen and oxygen atoms in total. The molecule has 0 fully saturated rings. The Kier molecular flexibility index (Phi) is 38.3. The zero-order valence-corrected chi connectivity index (χ0v) is 88.8. The largest absolute Gasteiger partial charge is 0.438 e. The van der Waals surface area contributed by atoms with Crippen LogP contribution in [0, 0.1) is 53.2 Å². The number of aryl methyl sites for hydroxylation is 11. The topological polar surface area (TPSA) is 366 Å². The highest BCUT2D eigenvalue weighted by molar-refractivity contribution is 6.43. The van der Waals surface area contributed by atoms with Crippen molar-refractivity contribution < 1.29 is 80.4 Å². The molecule has 148 heavy (non-hydrogen) atoms. The van der Waals surface area contributed by atoms with Crippen LogP contribution < -0.4 is 50.3 Å². The van der Waals surface area contributed by atoms with Gasteiger partial charge in [0.05, 0.1) is 68.7 Å². The number of nitrogens with one attached hydrogen (secondary N) is 5. The van der Waals surface area contributed by atoms with Gasteiger partial charge in [-0.25, -0.2) is 32.2 Å². The van der Waals surface area contributed by atoms with Crippen LogP contribution in [0.4, 0.5) is 8.78 Å². The van der Waals surface area contributed by atoms with Crippen LogP contribution in [0.3, 0.4) is 0 Å². The Bertz CT molecular complexity index is 7150. The van der Waals surface area contributed by atoms with Crippen molar-refractivity contribution >= 4 is 116 Å². The number of hydrogen-bond acceptors (Lipinski definition) is 20. The highest BCUT2D eigenvalue weighted by atomic mass is 35.5. The highest BCUT2D eigenvalue weighted by Gasteiger charge is 2.32. The highest BCUT2D eigenvalue weighted by Crippen LogP contribution is 2.40. The van der Waals surface area contributed by atoms with Gasteiger partial charge in [-0.2, -0.15) is 25.5 Å². The Morgan fingerprint density at radius 3 is 0.838 bits per heavy atom. The number of carbonyl (C=O) groups is 10. The molecule has 5 atom stereocenters. The number of ether oxygens (including phenoxy) is 5. The van der Waals surface area contributed by atoms with Gasteiger partial charge in [0.25, 0.3) is 29.5 Å². The number of rotatable bonds is 30. The molecule has 0 aliphatic heterocycles. The number of Topliss-reactive ketones (excluding diaryl/α,β-unsaturated/α-hetero) is 5. The van der Waals surface area contributed by atoms with Gasteiger partial charge < -0.3 is 50.3 Å². The van der Waals surface area contributed by atoms with Crippen LogP contribution in [0.15, 0.2) is 224 Å². The Morgan fingerprint density at radius 1 is 0.277 bits per heavy atom. The second-order valence-corrected chi connectivity index (χ2v) is 36.9. The molecule has 0 aliphatic carbocycles. The van der Waals surface area contributed by atoms with Crippen LogP contribution in [0.25, 0.3) is 0 Å². The molecule has 0 radical (unpaired) electrons. The average Bonchev–Trinajstić information content (AvgIpc) is 1.66. The average molecular weight is 2110 g/mol. The van der Waals surface area contributed by atoms with Gasteiger partial charge in [-0.15, -0.1) is 0 Å². The number of halogens is 7. The summed E-state index contributed by atoms with van der Waals surface area (Å²) in [4.78, 5) is 122. The number of aromatic nitrogens is 10. The molecule has 5 N–H and O–H groups in total. The maximum atomic E-state index is 13.6. The van der Waals surface area contributed by atoms with Gasteiger partial charge in [-0.3, -0.25) is 47.9 Å². The van der Waals surface area contributed by atoms with Gasteiger partial charge in [0.1, 0.15) is 67.5 Å². The minimum absolute atomic E-state index is 0.00188. The van der Waals surface area contributed by atoms with Crippen molar-refractivity contribution in [2.45, 2.75) is 141 Å². The molecule has 0 bridgehead atoms. The first-order valence-corrected chi connectivity index (χ1v) is 48.3. The lowest BCUT2D eigenvalue weighted by Crippen LogP contribution is -2.27. The zero-order chi connectivity index (χ0) is 108. The molecule has 5 amide bonds. The van der Waals surface area contributed by atoms with Crippen molar-refractivity contribution in [1.82, 2.24) is 75.5 Å². The monoisotopic (exact) mass is 2110 g/mol. The molecule has 15 rings (SSSR count). The fourth-order valence-corrected chi connectivity index (χ4v) is 16.2. The van der Waals surface area contributed by atoms with E-state index in [1.165, 1.54) is 77.6 Å². The van der Waals surface area contributed by atoms with Crippen molar-refractivity contribution in [1.29, 1.82) is 0 Å². The lowest BCUT2D eigenvalue weighted by molar-refractivity contribution is 0.0927. The predicted molar refractivity (Wildman–Crippen MR) is 564 cm³/mol. The first kappa shape index (κ1) is 113. The second-order valence-electron chi connectivity index (χ2n) is 34.8. The van der Waals surface area contributed by atoms with Crippen molar-refractivity contribution in [3.63, 3.8) is 0 Å². The van der Waals surface area contributed by atoms with Gasteiger partial charge in [0.15, 0.2) is 34.7 Å². The molecule has 5 heterocycles. The van der Waals surface area contributed by atoms with E-state index in [1.807, 2.05) is 102 Å². The summed E-state index contributed by atoms with van der Waals surface area (Å²) in [5, 5.41) is 37.7. The summed E-state index contributed by atoms with van der Waals surface area (Å²) in [6, 6.07) is 61.3. The van der Waals surface area contributed by atoms with Crippen LogP contribution in [0.5, 0.6) is 58.1 Å². The SMILES string of the molecule is CC(=O)c1ccc([C@H](C)NC(=O)c2c(C)nn(C)c2Oc2cc(F)cc(Cl)c2)cc1.CC(=O)c1ccc([C@H](C)NC(=O)c2c(C)nn(C)c2Oc2cc(F)ccc2Cl)cc1.CC(=O)c1ccc([C@H](C)NC(=O)c2c(C)nn(C)c2Oc2cccc(C)c2)cc1.CC(=O)c1ccc([C@H](C)NC(=O)c2c(C)nn(C)c2Oc2cccc(Cl)c2)cc1.CC(=O)c1ccc([C@H](C)NC(=O)c2c(C)nn(C)c2Oc2cccc(Cl)c2Cl)cc1. The number of carbonyl (C=O) groups excluding carboxylic acids is 10. The Balaban J connectivity index is 0.000000176. The number of benzene rings is 10. The molecule has 15 aromatic rings. The summed E-state index contributed by atoms with van der Waals surface area (Å²) in [6.07, 6.45) is 0. The van der Waals surface area contributed by atoms with Gasteiger partial charge in [-0.1, -0.05) is 204 Å². The van der Waals surface area contributed by atoms with E-state index in [9.17, 15) is 56.7 Å². The van der Waals surface area contributed by atoms with E-state index >= 15 is 0 Å². The van der Waals surface area contributed by atoms with E-state index in [0.717, 1.165) is 45.5 Å². The Morgan fingerprint density at radius 2 is 0.547 bits per heavy atom. The lowest BCUT2D eigenvalue weighted by Gasteiger charge is -2.16. The van der Waals surface area contributed by atoms with Gasteiger partial charge in [0.2, 0.25) is 29.4 Å². The first-order valence-electron chi connectivity index (χ1n) is 46.4. The lowest BCUT2D eigenvalue weighted by atomic mass is 10.0. The quantitative estimate of drug-likeness (QED) is 0.0261. The van der Waals surface area contributed by atoms with Crippen LogP contribution >= 0.6 is 58.0 Å². The van der Waals surface area contributed by atoms with E-state index in [1.54, 1.807) is 202 Å². The van der Waals surface area contributed by atoms with Crippen molar-refractivity contribution in [2.24, 2.45) is 35.2 Å². The molecule has 0 saturated carbocycles.